The minimum atomic E-state index is -4.24. The summed E-state index contributed by atoms with van der Waals surface area (Å²) in [6.45, 7) is 4.58. The molecule has 3 aromatic heterocycles. The maximum atomic E-state index is 15.7. The van der Waals surface area contributed by atoms with Crippen molar-refractivity contribution in [3.8, 4) is 16.9 Å². The molecule has 2 aromatic carbocycles. The first-order chi connectivity index (χ1) is 30.4. The number of nitrogens with zero attached hydrogens (tertiary/aromatic N) is 7. The number of alkyl halides is 1. The highest BCUT2D eigenvalue weighted by atomic mass is 32.2. The molecule has 1 unspecified atom stereocenters. The van der Waals surface area contributed by atoms with Gasteiger partial charge in [0.05, 0.1) is 12.3 Å². The number of hydrogen-bond acceptors (Lipinski definition) is 11. The van der Waals surface area contributed by atoms with Gasteiger partial charge in [-0.15, -0.1) is 0 Å². The molecule has 0 bridgehead atoms. The van der Waals surface area contributed by atoms with E-state index in [9.17, 15) is 27.2 Å². The van der Waals surface area contributed by atoms with E-state index in [2.05, 4.69) is 39.8 Å². The molecular weight excluding hydrogens is 842 g/mol. The van der Waals surface area contributed by atoms with E-state index in [1.807, 2.05) is 12.1 Å². The average Bonchev–Trinajstić information content (AvgIpc) is 4.00. The highest BCUT2D eigenvalue weighted by Gasteiger charge is 2.39. The number of carbonyl (C=O) groups excluding carboxylic acids is 3. The number of carbonyl (C=O) groups is 3. The van der Waals surface area contributed by atoms with E-state index in [0.717, 1.165) is 67.6 Å². The maximum absolute atomic E-state index is 15.7. The van der Waals surface area contributed by atoms with Crippen LogP contribution in [0.15, 0.2) is 61.2 Å². The van der Waals surface area contributed by atoms with Crippen molar-refractivity contribution in [2.45, 2.75) is 57.3 Å². The number of amides is 3. The summed E-state index contributed by atoms with van der Waals surface area (Å²) in [6.07, 6.45) is 7.59. The smallest absolute Gasteiger partial charge is 0.301 e. The van der Waals surface area contributed by atoms with Gasteiger partial charge in [0.2, 0.25) is 17.8 Å². The number of benzene rings is 2. The van der Waals surface area contributed by atoms with E-state index in [4.69, 9.17) is 4.74 Å². The summed E-state index contributed by atoms with van der Waals surface area (Å²) in [5.41, 5.74) is 3.05. The fourth-order valence-corrected chi connectivity index (χ4v) is 9.84. The molecule has 3 amide bonds. The Morgan fingerprint density at radius 2 is 1.70 bits per heavy atom. The van der Waals surface area contributed by atoms with Crippen LogP contribution in [0, 0.1) is 11.6 Å². The Hall–Kier alpha value is -6.12. The topological polar surface area (TPSA) is 186 Å². The van der Waals surface area contributed by atoms with Crippen molar-refractivity contribution in [3.05, 3.63) is 95.1 Å². The van der Waals surface area contributed by atoms with Crippen LogP contribution in [0.25, 0.3) is 22.2 Å². The number of aromatic nitrogens is 4. The number of H-pyrrole nitrogens is 1. The number of rotatable bonds is 14. The van der Waals surface area contributed by atoms with Crippen LogP contribution in [0.1, 0.15) is 59.2 Å². The minimum Gasteiger partial charge on any atom is -0.494 e. The summed E-state index contributed by atoms with van der Waals surface area (Å²) in [7, 11) is -4.24. The quantitative estimate of drug-likeness (QED) is 0.107. The summed E-state index contributed by atoms with van der Waals surface area (Å²) in [4.78, 5) is 59.8. The summed E-state index contributed by atoms with van der Waals surface area (Å²) in [5.74, 6) is -1.58. The van der Waals surface area contributed by atoms with Crippen LogP contribution < -0.4 is 19.7 Å². The molecule has 4 aliphatic rings. The molecule has 0 saturated carbocycles. The predicted molar refractivity (Wildman–Crippen MR) is 226 cm³/mol. The number of fused-ring (bicyclic) bond motifs is 2. The van der Waals surface area contributed by atoms with Gasteiger partial charge in [-0.25, -0.2) is 28.1 Å². The van der Waals surface area contributed by atoms with Crippen molar-refractivity contribution in [2.75, 3.05) is 62.0 Å². The monoisotopic (exact) mass is 886 g/mol. The van der Waals surface area contributed by atoms with Gasteiger partial charge in [-0.2, -0.15) is 12.7 Å². The Balaban J connectivity index is 0.746. The molecular formula is C43H45F3N10O6S. The van der Waals surface area contributed by atoms with Gasteiger partial charge < -0.3 is 19.5 Å². The first-order valence-corrected chi connectivity index (χ1v) is 22.4. The van der Waals surface area contributed by atoms with Crippen molar-refractivity contribution in [2.24, 2.45) is 0 Å². The number of imide groups is 1. The number of aromatic amines is 1. The van der Waals surface area contributed by atoms with Crippen molar-refractivity contribution >= 4 is 50.6 Å². The van der Waals surface area contributed by atoms with Gasteiger partial charge in [0.25, 0.3) is 5.91 Å². The third kappa shape index (κ3) is 8.92. The number of pyridine rings is 1. The molecule has 3 fully saturated rings. The average molecular weight is 887 g/mol. The molecule has 9 rings (SSSR count). The lowest BCUT2D eigenvalue weighted by atomic mass is 10.0. The minimum absolute atomic E-state index is 0.0352. The van der Waals surface area contributed by atoms with Gasteiger partial charge in [0.15, 0.2) is 5.82 Å². The Morgan fingerprint density at radius 1 is 0.905 bits per heavy atom. The van der Waals surface area contributed by atoms with Gasteiger partial charge in [-0.1, -0.05) is 0 Å². The zero-order valence-corrected chi connectivity index (χ0v) is 35.0. The van der Waals surface area contributed by atoms with E-state index < -0.39 is 45.7 Å². The molecule has 4 aliphatic heterocycles. The van der Waals surface area contributed by atoms with Crippen LogP contribution in [-0.2, 0) is 32.8 Å². The van der Waals surface area contributed by atoms with Crippen LogP contribution in [0.5, 0.6) is 5.75 Å². The summed E-state index contributed by atoms with van der Waals surface area (Å²) < 4.78 is 79.0. The van der Waals surface area contributed by atoms with E-state index in [1.54, 1.807) is 36.9 Å². The molecule has 330 valence electrons. The van der Waals surface area contributed by atoms with E-state index in [1.165, 1.54) is 4.90 Å². The number of piperidine rings is 1. The first-order valence-electron chi connectivity index (χ1n) is 20.9. The number of halogens is 3. The zero-order valence-electron chi connectivity index (χ0n) is 34.2. The Bertz CT molecular complexity index is 2680. The molecule has 0 aliphatic carbocycles. The third-order valence-electron chi connectivity index (χ3n) is 12.1. The molecule has 0 spiro atoms. The highest BCUT2D eigenvalue weighted by molar-refractivity contribution is 7.90. The lowest BCUT2D eigenvalue weighted by Crippen LogP contribution is -2.52. The Kier molecular flexibility index (Phi) is 11.8. The number of piperazine rings is 1. The second-order valence-electron chi connectivity index (χ2n) is 16.2. The first kappa shape index (κ1) is 42.2. The SMILES string of the molecule is O=C1CCC(N2Cc3cc(OCCCCN4CCN(c5ncc(-c6cnc7[nH]cc(Cc8c(F)ccc(NS(=O)(=O)N9CC[C@@H](F)C9)c8F)c7c6)cn5)CC4)ccc3C2=O)C(=O)N1. The molecule has 0 radical (unpaired) electrons. The van der Waals surface area contributed by atoms with Crippen LogP contribution in [-0.4, -0.2) is 125 Å². The molecule has 7 heterocycles. The van der Waals surface area contributed by atoms with Crippen LogP contribution >= 0.6 is 0 Å². The number of ether oxygens (including phenoxy) is 1. The lowest BCUT2D eigenvalue weighted by molar-refractivity contribution is -0.136. The molecule has 2 atom stereocenters. The second kappa shape index (κ2) is 17.6. The summed E-state index contributed by atoms with van der Waals surface area (Å²) >= 11 is 0. The lowest BCUT2D eigenvalue weighted by Gasteiger charge is -2.34. The number of hydrogen-bond donors (Lipinski definition) is 3. The highest BCUT2D eigenvalue weighted by Crippen LogP contribution is 2.32. The van der Waals surface area contributed by atoms with Crippen molar-refractivity contribution in [3.63, 3.8) is 0 Å². The standard InChI is InChI=1S/C43H45F3N10O6S/c44-30-9-11-55(25-30)63(60,61)52-36-6-5-35(45)34(39(36)46)19-27-21-48-40-33(27)18-26(20-47-40)29-22-49-43(50-23-29)54-14-12-53(13-15-54)10-1-2-16-62-31-3-4-32-28(17-31)24-56(42(32)59)37-7-8-38(57)51-41(37)58/h3-6,17-18,20-23,30,37,52H,1-2,7-16,19,24-25H2,(H,47,48)(H,51,57,58)/t30-,37?/m1/s1. The number of nitrogens with one attached hydrogen (secondary N) is 3. The van der Waals surface area contributed by atoms with Gasteiger partial charge in [-0.05, 0) is 79.8 Å². The van der Waals surface area contributed by atoms with Gasteiger partial charge in [-0.3, -0.25) is 29.3 Å². The largest absolute Gasteiger partial charge is 0.494 e. The van der Waals surface area contributed by atoms with E-state index in [0.29, 0.717) is 64.6 Å². The van der Waals surface area contributed by atoms with Crippen molar-refractivity contribution in [1.29, 1.82) is 0 Å². The van der Waals surface area contributed by atoms with Crippen LogP contribution in [0.2, 0.25) is 0 Å². The van der Waals surface area contributed by atoms with E-state index >= 15 is 8.78 Å². The summed E-state index contributed by atoms with van der Waals surface area (Å²) in [6, 6.07) is 8.58. The molecule has 5 aromatic rings. The maximum Gasteiger partial charge on any atom is 0.301 e. The zero-order chi connectivity index (χ0) is 43.8. The fraction of sp³-hybridized carbons (Fsp3) is 0.395. The van der Waals surface area contributed by atoms with Crippen molar-refractivity contribution in [1.82, 2.24) is 39.4 Å². The molecule has 3 saturated heterocycles. The Labute approximate surface area is 361 Å². The normalized spacial score (nSPS) is 19.8. The second-order valence-corrected chi connectivity index (χ2v) is 17.9. The number of unbranched alkanes of at least 4 members (excludes halogenated alkanes) is 1. The fourth-order valence-electron chi connectivity index (χ4n) is 8.57. The van der Waals surface area contributed by atoms with Crippen LogP contribution in [0.3, 0.4) is 0 Å². The van der Waals surface area contributed by atoms with Crippen LogP contribution in [0.4, 0.5) is 24.8 Å². The van der Waals surface area contributed by atoms with Gasteiger partial charge >= 0.3 is 10.2 Å². The third-order valence-corrected chi connectivity index (χ3v) is 13.6. The molecule has 3 N–H and O–H groups in total. The number of anilines is 2. The summed E-state index contributed by atoms with van der Waals surface area (Å²) in [5, 5.41) is 2.95. The predicted octanol–water partition coefficient (Wildman–Crippen LogP) is 4.33. The molecule has 63 heavy (non-hydrogen) atoms. The van der Waals surface area contributed by atoms with Crippen molar-refractivity contribution < 1.29 is 40.7 Å². The molecule has 16 nitrogen and oxygen atoms in total. The van der Waals surface area contributed by atoms with E-state index in [-0.39, 0.29) is 49.7 Å². The van der Waals surface area contributed by atoms with Gasteiger partial charge in [0.1, 0.15) is 29.4 Å². The molecule has 20 heteroatoms. The Morgan fingerprint density at radius 3 is 2.46 bits per heavy atom. The van der Waals surface area contributed by atoms with Gasteiger partial charge in [0, 0.05) is 111 Å².